The Labute approximate surface area is 110 Å². The first-order valence-corrected chi connectivity index (χ1v) is 5.57. The van der Waals surface area contributed by atoms with E-state index in [-0.39, 0.29) is 6.61 Å². The van der Waals surface area contributed by atoms with Gasteiger partial charge in [-0.25, -0.2) is 14.4 Å². The van der Waals surface area contributed by atoms with E-state index in [2.05, 4.69) is 20.0 Å². The van der Waals surface area contributed by atoms with Crippen molar-refractivity contribution in [1.29, 1.82) is 0 Å². The smallest absolute Gasteiger partial charge is 0.388 e. The van der Waals surface area contributed by atoms with Crippen molar-refractivity contribution in [2.45, 2.75) is 30.8 Å². The second-order valence-corrected chi connectivity index (χ2v) is 4.18. The number of alkyl halides is 4. The number of hydrogen-bond acceptors (Lipinski definition) is 6. The Bertz CT molecular complexity index is 473. The van der Waals surface area contributed by atoms with Crippen LogP contribution in [0.15, 0.2) is 12.3 Å². The predicted octanol–water partition coefficient (Wildman–Crippen LogP) is 0.323. The molecule has 1 aliphatic heterocycles. The molecule has 0 aromatic carbocycles. The highest BCUT2D eigenvalue weighted by Crippen LogP contribution is 2.28. The number of aliphatic hydroxyl groups excluding tert-OH is 2. The summed E-state index contributed by atoms with van der Waals surface area (Å²) in [7, 11) is 0. The fourth-order valence-electron chi connectivity index (χ4n) is 1.66. The zero-order chi connectivity index (χ0) is 14.9. The first-order chi connectivity index (χ1) is 9.29. The van der Waals surface area contributed by atoms with Crippen LogP contribution in [0.1, 0.15) is 5.69 Å². The van der Waals surface area contributed by atoms with Crippen molar-refractivity contribution in [3.63, 3.8) is 0 Å². The van der Waals surface area contributed by atoms with E-state index in [4.69, 9.17) is 0 Å². The van der Waals surface area contributed by atoms with E-state index in [0.29, 0.717) is 6.07 Å². The molecule has 112 valence electrons. The van der Waals surface area contributed by atoms with E-state index in [1.807, 2.05) is 0 Å². The summed E-state index contributed by atoms with van der Waals surface area (Å²) >= 11 is 0. The largest absolute Gasteiger partial charge is 0.433 e. The average Bonchev–Trinajstić information content (AvgIpc) is 2.39. The van der Waals surface area contributed by atoms with Crippen LogP contribution in [0, 0.1) is 0 Å². The molecule has 0 amide bonds. The van der Waals surface area contributed by atoms with Crippen molar-refractivity contribution in [3.8, 4) is 0 Å². The summed E-state index contributed by atoms with van der Waals surface area (Å²) in [6.07, 6.45) is -9.15. The van der Waals surface area contributed by atoms with Gasteiger partial charge in [0.25, 0.3) is 0 Å². The van der Waals surface area contributed by atoms with Crippen molar-refractivity contribution in [2.75, 3.05) is 11.9 Å². The van der Waals surface area contributed by atoms with Gasteiger partial charge in [-0.05, 0) is 6.07 Å². The molecule has 3 N–H and O–H groups in total. The van der Waals surface area contributed by atoms with E-state index >= 15 is 0 Å². The maximum Gasteiger partial charge on any atom is 0.433 e. The van der Waals surface area contributed by atoms with Crippen LogP contribution in [-0.2, 0) is 10.9 Å². The van der Waals surface area contributed by atoms with E-state index in [1.165, 1.54) is 0 Å². The van der Waals surface area contributed by atoms with Gasteiger partial charge in [-0.15, -0.1) is 0 Å². The van der Waals surface area contributed by atoms with Gasteiger partial charge in [0, 0.05) is 6.20 Å². The molecule has 0 saturated carbocycles. The summed E-state index contributed by atoms with van der Waals surface area (Å²) in [5.41, 5.74) is -1.16. The Hall–Kier alpha value is -1.52. The Morgan fingerprint density at radius 1 is 1.30 bits per heavy atom. The third kappa shape index (κ3) is 3.14. The first kappa shape index (κ1) is 14.9. The molecule has 1 aliphatic rings. The maximum atomic E-state index is 12.9. The normalized spacial score (nSPS) is 31.1. The highest BCUT2D eigenvalue weighted by atomic mass is 19.4. The zero-order valence-electron chi connectivity index (χ0n) is 9.88. The van der Waals surface area contributed by atoms with E-state index < -0.39 is 42.4 Å². The summed E-state index contributed by atoms with van der Waals surface area (Å²) in [5.74, 6) is -0.406. The van der Waals surface area contributed by atoms with Crippen molar-refractivity contribution in [1.82, 2.24) is 9.97 Å². The number of nitrogens with zero attached hydrogens (tertiary/aromatic N) is 2. The molecule has 0 bridgehead atoms. The number of hydrogen-bond donors (Lipinski definition) is 3. The predicted molar refractivity (Wildman–Crippen MR) is 57.3 cm³/mol. The quantitative estimate of drug-likeness (QED) is 0.682. The lowest BCUT2D eigenvalue weighted by molar-refractivity contribution is -0.189. The number of aliphatic hydroxyl groups is 2. The Balaban J connectivity index is 2.10. The number of ether oxygens (including phenoxy) is 1. The first-order valence-electron chi connectivity index (χ1n) is 5.57. The van der Waals surface area contributed by atoms with Crippen molar-refractivity contribution in [3.05, 3.63) is 18.0 Å². The average molecular weight is 297 g/mol. The van der Waals surface area contributed by atoms with Gasteiger partial charge >= 0.3 is 6.18 Å². The van der Waals surface area contributed by atoms with Crippen molar-refractivity contribution in [2.24, 2.45) is 0 Å². The van der Waals surface area contributed by atoms with Crippen LogP contribution in [0.3, 0.4) is 0 Å². The number of aromatic nitrogens is 2. The lowest BCUT2D eigenvalue weighted by Crippen LogP contribution is -2.54. The fraction of sp³-hybridized carbons (Fsp3) is 0.600. The molecule has 2 rings (SSSR count). The maximum absolute atomic E-state index is 12.9. The third-order valence-electron chi connectivity index (χ3n) is 2.73. The summed E-state index contributed by atoms with van der Waals surface area (Å²) in [6, 6.07) is -0.341. The minimum absolute atomic E-state index is 0.348. The van der Waals surface area contributed by atoms with Gasteiger partial charge in [0.2, 0.25) is 12.3 Å². The van der Waals surface area contributed by atoms with Gasteiger partial charge < -0.3 is 20.3 Å². The molecule has 6 nitrogen and oxygen atoms in total. The molecule has 0 aliphatic carbocycles. The molecule has 1 saturated heterocycles. The molecule has 3 unspecified atom stereocenters. The van der Waals surface area contributed by atoms with Crippen molar-refractivity contribution >= 4 is 5.95 Å². The molecule has 1 fully saturated rings. The molecule has 20 heavy (non-hydrogen) atoms. The van der Waals surface area contributed by atoms with Gasteiger partial charge in [-0.2, -0.15) is 13.2 Å². The fourth-order valence-corrected chi connectivity index (χ4v) is 1.66. The van der Waals surface area contributed by atoms with Gasteiger partial charge in [0.1, 0.15) is 17.9 Å². The SMILES string of the molecule is OC1C(F)OC[C@H](Nc2nccc(C(F)(F)F)n2)C1O. The van der Waals surface area contributed by atoms with Crippen molar-refractivity contribution < 1.29 is 32.5 Å². The number of anilines is 1. The molecule has 4 atom stereocenters. The Morgan fingerprint density at radius 3 is 2.65 bits per heavy atom. The molecule has 0 radical (unpaired) electrons. The molecule has 1 aromatic heterocycles. The van der Waals surface area contributed by atoms with Gasteiger partial charge in [-0.3, -0.25) is 0 Å². The summed E-state index contributed by atoms with van der Waals surface area (Å²) in [4.78, 5) is 6.79. The lowest BCUT2D eigenvalue weighted by Gasteiger charge is -2.34. The molecular weight excluding hydrogens is 286 g/mol. The standard InChI is InChI=1S/C10H11F4N3O3/c11-8-7(19)6(18)4(3-20-8)16-9-15-2-1-5(17-9)10(12,13)14/h1-2,4,6-8,18-19H,3H2,(H,15,16,17)/t4-,6?,7?,8?/m0/s1. The van der Waals surface area contributed by atoms with Crippen LogP contribution in [0.2, 0.25) is 0 Å². The molecule has 2 heterocycles. The summed E-state index contributed by atoms with van der Waals surface area (Å²) < 4.78 is 54.8. The third-order valence-corrected chi connectivity index (χ3v) is 2.73. The lowest BCUT2D eigenvalue weighted by atomic mass is 10.0. The van der Waals surface area contributed by atoms with Gasteiger partial charge in [-0.1, -0.05) is 0 Å². The summed E-state index contributed by atoms with van der Waals surface area (Å²) in [5, 5.41) is 21.2. The summed E-state index contributed by atoms with van der Waals surface area (Å²) in [6.45, 7) is -0.348. The highest BCUT2D eigenvalue weighted by Gasteiger charge is 2.39. The van der Waals surface area contributed by atoms with Gasteiger partial charge in [0.05, 0.1) is 12.6 Å². The molecule has 0 spiro atoms. The topological polar surface area (TPSA) is 87.5 Å². The molecule has 10 heteroatoms. The zero-order valence-corrected chi connectivity index (χ0v) is 9.88. The van der Waals surface area contributed by atoms with E-state index in [9.17, 15) is 27.8 Å². The molecule has 1 aromatic rings. The van der Waals surface area contributed by atoms with Crippen LogP contribution in [0.25, 0.3) is 0 Å². The highest BCUT2D eigenvalue weighted by molar-refractivity contribution is 5.28. The van der Waals surface area contributed by atoms with E-state index in [1.54, 1.807) is 0 Å². The van der Waals surface area contributed by atoms with Crippen LogP contribution >= 0.6 is 0 Å². The molecular formula is C10H11F4N3O3. The van der Waals surface area contributed by atoms with Crippen LogP contribution in [0.5, 0.6) is 0 Å². The minimum atomic E-state index is -4.63. The number of halogens is 4. The number of nitrogens with one attached hydrogen (secondary N) is 1. The van der Waals surface area contributed by atoms with Crippen LogP contribution in [0.4, 0.5) is 23.5 Å². The van der Waals surface area contributed by atoms with E-state index in [0.717, 1.165) is 6.20 Å². The monoisotopic (exact) mass is 297 g/mol. The number of rotatable bonds is 2. The second-order valence-electron chi connectivity index (χ2n) is 4.18. The second kappa shape index (κ2) is 5.46. The van der Waals surface area contributed by atoms with Crippen LogP contribution < -0.4 is 5.32 Å². The van der Waals surface area contributed by atoms with Gasteiger partial charge in [0.15, 0.2) is 0 Å². The Morgan fingerprint density at radius 2 is 2.00 bits per heavy atom. The van der Waals surface area contributed by atoms with Crippen LogP contribution in [-0.4, -0.2) is 51.4 Å². The Kier molecular flexibility index (Phi) is 4.06. The minimum Gasteiger partial charge on any atom is -0.388 e.